The first kappa shape index (κ1) is 10.2. The van der Waals surface area contributed by atoms with Gasteiger partial charge in [0, 0.05) is 6.20 Å². The van der Waals surface area contributed by atoms with Crippen LogP contribution in [0.15, 0.2) is 10.7 Å². The number of hydrogen-bond donors (Lipinski definition) is 0. The van der Waals surface area contributed by atoms with Crippen LogP contribution in [0.25, 0.3) is 0 Å². The summed E-state index contributed by atoms with van der Waals surface area (Å²) >= 11 is 4.36. The first-order valence-corrected chi connectivity index (χ1v) is 4.68. The van der Waals surface area contributed by atoms with E-state index in [9.17, 15) is 13.2 Å². The minimum Gasteiger partial charge on any atom is -0.247 e. The summed E-state index contributed by atoms with van der Waals surface area (Å²) in [5.74, 6) is -0.742. The molecule has 12 heavy (non-hydrogen) atoms. The lowest BCUT2D eigenvalue weighted by Gasteiger charge is -2.03. The monoisotopic (exact) mass is 351 g/mol. The number of aromatic nitrogens is 1. The van der Waals surface area contributed by atoms with Gasteiger partial charge >= 0.3 is 0 Å². The van der Waals surface area contributed by atoms with E-state index in [4.69, 9.17) is 0 Å². The zero-order chi connectivity index (χ0) is 9.30. The normalized spacial score (nSPS) is 10.8. The largest absolute Gasteiger partial charge is 0.266 e. The predicted octanol–water partition coefficient (Wildman–Crippen LogP) is 3.53. The minimum absolute atomic E-state index is 0.0730. The first-order chi connectivity index (χ1) is 5.54. The van der Waals surface area contributed by atoms with Crippen molar-refractivity contribution in [2.45, 2.75) is 6.43 Å². The summed E-state index contributed by atoms with van der Waals surface area (Å²) in [6, 6.07) is 0. The molecular weight excluding hydrogens is 350 g/mol. The zero-order valence-electron chi connectivity index (χ0n) is 5.49. The van der Waals surface area contributed by atoms with E-state index >= 15 is 0 Å². The quantitative estimate of drug-likeness (QED) is 0.557. The number of alkyl halides is 2. The second kappa shape index (κ2) is 3.91. The van der Waals surface area contributed by atoms with Crippen molar-refractivity contribution in [1.82, 2.24) is 4.98 Å². The highest BCUT2D eigenvalue weighted by molar-refractivity contribution is 14.1. The van der Waals surface area contributed by atoms with Crippen LogP contribution in [-0.4, -0.2) is 4.98 Å². The van der Waals surface area contributed by atoms with Crippen LogP contribution < -0.4 is 0 Å². The number of pyridine rings is 1. The molecule has 0 unspecified atom stereocenters. The van der Waals surface area contributed by atoms with Gasteiger partial charge < -0.3 is 0 Å². The average molecular weight is 352 g/mol. The highest BCUT2D eigenvalue weighted by Crippen LogP contribution is 2.29. The van der Waals surface area contributed by atoms with Crippen molar-refractivity contribution in [1.29, 1.82) is 0 Å². The fraction of sp³-hybridized carbons (Fsp3) is 0.167. The molecule has 1 aromatic heterocycles. The lowest BCUT2D eigenvalue weighted by Crippen LogP contribution is -1.95. The highest BCUT2D eigenvalue weighted by Gasteiger charge is 2.17. The van der Waals surface area contributed by atoms with Crippen molar-refractivity contribution in [3.8, 4) is 0 Å². The van der Waals surface area contributed by atoms with E-state index in [1.165, 1.54) is 0 Å². The number of hydrogen-bond acceptors (Lipinski definition) is 1. The maximum Gasteiger partial charge on any atom is 0.266 e. The molecule has 0 saturated carbocycles. The van der Waals surface area contributed by atoms with Gasteiger partial charge in [-0.25, -0.2) is 18.2 Å². The van der Waals surface area contributed by atoms with Gasteiger partial charge in [0.15, 0.2) is 5.82 Å². The fourth-order valence-corrected chi connectivity index (χ4v) is 1.85. The predicted molar refractivity (Wildman–Crippen MR) is 49.6 cm³/mol. The van der Waals surface area contributed by atoms with Crippen LogP contribution in [0.2, 0.25) is 0 Å². The maximum absolute atomic E-state index is 12.9. The number of halogens is 5. The van der Waals surface area contributed by atoms with Crippen molar-refractivity contribution in [3.05, 3.63) is 25.8 Å². The van der Waals surface area contributed by atoms with E-state index in [0.29, 0.717) is 0 Å². The van der Waals surface area contributed by atoms with Gasteiger partial charge in [0.1, 0.15) is 3.70 Å². The first-order valence-electron chi connectivity index (χ1n) is 2.81. The van der Waals surface area contributed by atoms with Crippen molar-refractivity contribution >= 4 is 38.5 Å². The Balaban J connectivity index is 3.27. The molecule has 1 aromatic rings. The Morgan fingerprint density at radius 2 is 2.08 bits per heavy atom. The summed E-state index contributed by atoms with van der Waals surface area (Å²) in [7, 11) is 0. The molecule has 0 aliphatic heterocycles. The summed E-state index contributed by atoms with van der Waals surface area (Å²) < 4.78 is 37.0. The maximum atomic E-state index is 12.9. The molecule has 0 N–H and O–H groups in total. The van der Waals surface area contributed by atoms with Crippen molar-refractivity contribution in [2.24, 2.45) is 0 Å². The molecular formula is C6H2BrF3IN. The lowest BCUT2D eigenvalue weighted by atomic mass is 10.3. The second-order valence-corrected chi connectivity index (χ2v) is 3.75. The Hall–Kier alpha value is 0.150. The van der Waals surface area contributed by atoms with Gasteiger partial charge in [0.25, 0.3) is 6.43 Å². The van der Waals surface area contributed by atoms with Crippen LogP contribution >= 0.6 is 38.5 Å². The fourth-order valence-electron chi connectivity index (χ4n) is 0.609. The smallest absolute Gasteiger partial charge is 0.247 e. The van der Waals surface area contributed by atoms with Gasteiger partial charge in [0.2, 0.25) is 0 Å². The molecule has 0 amide bonds. The molecule has 0 aliphatic rings. The second-order valence-electron chi connectivity index (χ2n) is 1.93. The molecule has 0 bridgehead atoms. The molecule has 0 fully saturated rings. The Morgan fingerprint density at radius 3 is 2.58 bits per heavy atom. The van der Waals surface area contributed by atoms with Crippen LogP contribution in [0.4, 0.5) is 13.2 Å². The molecule has 66 valence electrons. The van der Waals surface area contributed by atoms with E-state index in [1.54, 1.807) is 22.6 Å². The van der Waals surface area contributed by atoms with Gasteiger partial charge in [0.05, 0.1) is 10.0 Å². The number of nitrogens with zero attached hydrogens (tertiary/aromatic N) is 1. The summed E-state index contributed by atoms with van der Waals surface area (Å²) in [5, 5.41) is 0. The standard InChI is InChI=1S/C6H2BrF3IN/c7-3-2(5(9)10)1-12-6(11)4(3)8/h1,5H. The van der Waals surface area contributed by atoms with E-state index in [1.807, 2.05) is 0 Å². The third-order valence-electron chi connectivity index (χ3n) is 1.18. The molecule has 0 spiro atoms. The zero-order valence-corrected chi connectivity index (χ0v) is 9.24. The Kier molecular flexibility index (Phi) is 3.33. The molecule has 0 saturated heterocycles. The van der Waals surface area contributed by atoms with E-state index in [2.05, 4.69) is 20.9 Å². The van der Waals surface area contributed by atoms with Crippen LogP contribution in [0.1, 0.15) is 12.0 Å². The third kappa shape index (κ3) is 1.90. The van der Waals surface area contributed by atoms with Gasteiger partial charge in [-0.2, -0.15) is 0 Å². The molecule has 1 heterocycles. The average Bonchev–Trinajstić information content (AvgIpc) is 2.00. The SMILES string of the molecule is Fc1c(I)ncc(C(F)F)c1Br. The Morgan fingerprint density at radius 1 is 1.50 bits per heavy atom. The Bertz CT molecular complexity index is 305. The van der Waals surface area contributed by atoms with Crippen LogP contribution in [0.3, 0.4) is 0 Å². The van der Waals surface area contributed by atoms with E-state index in [0.717, 1.165) is 6.20 Å². The van der Waals surface area contributed by atoms with Gasteiger partial charge in [-0.3, -0.25) is 0 Å². The summed E-state index contributed by atoms with van der Waals surface area (Å²) in [4.78, 5) is 3.46. The van der Waals surface area contributed by atoms with E-state index in [-0.39, 0.29) is 8.17 Å². The van der Waals surface area contributed by atoms with Crippen LogP contribution in [0, 0.1) is 9.52 Å². The molecule has 0 radical (unpaired) electrons. The van der Waals surface area contributed by atoms with Crippen LogP contribution in [-0.2, 0) is 0 Å². The molecule has 1 rings (SSSR count). The number of rotatable bonds is 1. The summed E-state index contributed by atoms with van der Waals surface area (Å²) in [6.45, 7) is 0. The molecule has 0 atom stereocenters. The topological polar surface area (TPSA) is 12.9 Å². The van der Waals surface area contributed by atoms with Gasteiger partial charge in [-0.15, -0.1) is 0 Å². The minimum atomic E-state index is -2.71. The lowest BCUT2D eigenvalue weighted by molar-refractivity contribution is 0.149. The third-order valence-corrected chi connectivity index (χ3v) is 2.74. The van der Waals surface area contributed by atoms with E-state index < -0.39 is 17.8 Å². The van der Waals surface area contributed by atoms with Gasteiger partial charge in [-0.05, 0) is 38.5 Å². The molecule has 0 aliphatic carbocycles. The highest BCUT2D eigenvalue weighted by atomic mass is 127. The Labute approximate surface area is 88.6 Å². The summed E-state index contributed by atoms with van der Waals surface area (Å²) in [5.41, 5.74) is -0.423. The summed E-state index contributed by atoms with van der Waals surface area (Å²) in [6.07, 6.45) is -1.75. The van der Waals surface area contributed by atoms with Crippen LogP contribution in [0.5, 0.6) is 0 Å². The molecule has 1 nitrogen and oxygen atoms in total. The van der Waals surface area contributed by atoms with Crippen molar-refractivity contribution < 1.29 is 13.2 Å². The van der Waals surface area contributed by atoms with Crippen molar-refractivity contribution in [2.75, 3.05) is 0 Å². The van der Waals surface area contributed by atoms with Gasteiger partial charge in [-0.1, -0.05) is 0 Å². The molecule has 0 aromatic carbocycles. The van der Waals surface area contributed by atoms with Crippen molar-refractivity contribution in [3.63, 3.8) is 0 Å². The molecule has 6 heteroatoms.